The average Bonchev–Trinajstić information content (AvgIpc) is 2.96. The van der Waals surface area contributed by atoms with Crippen LogP contribution in [0.15, 0.2) is 55.9 Å². The molecule has 0 spiro atoms. The fourth-order valence-corrected chi connectivity index (χ4v) is 2.76. The van der Waals surface area contributed by atoms with Gasteiger partial charge in [0.15, 0.2) is 6.61 Å². The molecule has 0 bridgehead atoms. The van der Waals surface area contributed by atoms with Crippen LogP contribution in [0.1, 0.15) is 11.5 Å². The molecule has 3 rings (SSSR count). The first-order chi connectivity index (χ1) is 10.6. The van der Waals surface area contributed by atoms with Gasteiger partial charge in [-0.1, -0.05) is 27.2 Å². The van der Waals surface area contributed by atoms with Crippen LogP contribution in [0.3, 0.4) is 0 Å². The summed E-state index contributed by atoms with van der Waals surface area (Å²) >= 11 is 6.87. The van der Waals surface area contributed by atoms with Crippen LogP contribution in [0.25, 0.3) is 11.4 Å². The second-order valence-electron chi connectivity index (χ2n) is 4.74. The number of halogens is 2. The molecule has 22 heavy (non-hydrogen) atoms. The van der Waals surface area contributed by atoms with Crippen molar-refractivity contribution >= 4 is 31.9 Å². The standard InChI is InChI=1S/C16H12Br2N2O2/c1-10-2-7-14(13(18)8-10)21-9-15-19-16(20-22-15)11-3-5-12(17)6-4-11/h2-8H,9H2,1H3. The van der Waals surface area contributed by atoms with Gasteiger partial charge in [0.2, 0.25) is 5.82 Å². The Hall–Kier alpha value is -1.66. The lowest BCUT2D eigenvalue weighted by Crippen LogP contribution is -1.96. The van der Waals surface area contributed by atoms with Crippen molar-refractivity contribution in [3.63, 3.8) is 0 Å². The van der Waals surface area contributed by atoms with Crippen LogP contribution in [-0.4, -0.2) is 10.1 Å². The number of ether oxygens (including phenoxy) is 1. The lowest BCUT2D eigenvalue weighted by molar-refractivity contribution is 0.242. The van der Waals surface area contributed by atoms with Crippen molar-refractivity contribution in [1.29, 1.82) is 0 Å². The molecule has 1 aromatic heterocycles. The molecule has 0 saturated carbocycles. The van der Waals surface area contributed by atoms with Crippen molar-refractivity contribution in [3.8, 4) is 17.1 Å². The van der Waals surface area contributed by atoms with Gasteiger partial charge in [0.25, 0.3) is 5.89 Å². The number of rotatable bonds is 4. The van der Waals surface area contributed by atoms with Crippen molar-refractivity contribution in [2.45, 2.75) is 13.5 Å². The summed E-state index contributed by atoms with van der Waals surface area (Å²) in [4.78, 5) is 4.34. The summed E-state index contributed by atoms with van der Waals surface area (Å²) in [5, 5.41) is 3.97. The van der Waals surface area contributed by atoms with Crippen LogP contribution in [0.2, 0.25) is 0 Å². The molecule has 0 fully saturated rings. The van der Waals surface area contributed by atoms with Crippen LogP contribution in [0, 0.1) is 6.92 Å². The minimum atomic E-state index is 0.227. The third-order valence-corrected chi connectivity index (χ3v) is 4.16. The molecule has 0 N–H and O–H groups in total. The molecule has 0 radical (unpaired) electrons. The van der Waals surface area contributed by atoms with E-state index < -0.39 is 0 Å². The topological polar surface area (TPSA) is 48.2 Å². The van der Waals surface area contributed by atoms with E-state index in [9.17, 15) is 0 Å². The van der Waals surface area contributed by atoms with E-state index in [2.05, 4.69) is 42.0 Å². The lowest BCUT2D eigenvalue weighted by Gasteiger charge is -2.06. The summed E-state index contributed by atoms with van der Waals surface area (Å²) in [6.07, 6.45) is 0. The van der Waals surface area contributed by atoms with Gasteiger partial charge in [0.05, 0.1) is 4.47 Å². The Morgan fingerprint density at radius 3 is 2.59 bits per heavy atom. The molecule has 1 heterocycles. The van der Waals surface area contributed by atoms with Crippen molar-refractivity contribution in [2.24, 2.45) is 0 Å². The van der Waals surface area contributed by atoms with Gasteiger partial charge >= 0.3 is 0 Å². The predicted octanol–water partition coefficient (Wildman–Crippen LogP) is 5.15. The molecule has 0 amide bonds. The predicted molar refractivity (Wildman–Crippen MR) is 90.6 cm³/mol. The smallest absolute Gasteiger partial charge is 0.264 e. The van der Waals surface area contributed by atoms with Gasteiger partial charge in [-0.15, -0.1) is 0 Å². The first-order valence-electron chi connectivity index (χ1n) is 6.59. The van der Waals surface area contributed by atoms with Gasteiger partial charge < -0.3 is 9.26 Å². The van der Waals surface area contributed by atoms with E-state index >= 15 is 0 Å². The van der Waals surface area contributed by atoms with Crippen LogP contribution in [0.5, 0.6) is 5.75 Å². The van der Waals surface area contributed by atoms with Gasteiger partial charge in [0.1, 0.15) is 5.75 Å². The Labute approximate surface area is 144 Å². The molecule has 4 nitrogen and oxygen atoms in total. The van der Waals surface area contributed by atoms with E-state index in [0.717, 1.165) is 25.8 Å². The number of nitrogens with zero attached hydrogens (tertiary/aromatic N) is 2. The highest BCUT2D eigenvalue weighted by Crippen LogP contribution is 2.26. The van der Waals surface area contributed by atoms with Crippen molar-refractivity contribution < 1.29 is 9.26 Å². The van der Waals surface area contributed by atoms with E-state index in [1.165, 1.54) is 0 Å². The highest BCUT2D eigenvalue weighted by atomic mass is 79.9. The maximum Gasteiger partial charge on any atom is 0.264 e. The summed E-state index contributed by atoms with van der Waals surface area (Å²) in [5.41, 5.74) is 2.06. The maximum atomic E-state index is 5.70. The van der Waals surface area contributed by atoms with Crippen LogP contribution < -0.4 is 4.74 Å². The van der Waals surface area contributed by atoms with E-state index in [1.54, 1.807) is 0 Å². The number of benzene rings is 2. The Kier molecular flexibility index (Phi) is 4.59. The lowest BCUT2D eigenvalue weighted by atomic mass is 10.2. The third kappa shape index (κ3) is 3.56. The molecule has 2 aromatic carbocycles. The Morgan fingerprint density at radius 1 is 1.09 bits per heavy atom. The zero-order valence-corrected chi connectivity index (χ0v) is 14.9. The third-order valence-electron chi connectivity index (χ3n) is 3.01. The summed E-state index contributed by atoms with van der Waals surface area (Å²) < 4.78 is 12.8. The van der Waals surface area contributed by atoms with E-state index in [4.69, 9.17) is 9.26 Å². The Bertz CT molecular complexity index is 785. The molecule has 0 aliphatic heterocycles. The number of aryl methyl sites for hydroxylation is 1. The minimum absolute atomic E-state index is 0.227. The average molecular weight is 424 g/mol. The van der Waals surface area contributed by atoms with E-state index in [0.29, 0.717) is 11.7 Å². The number of hydrogen-bond acceptors (Lipinski definition) is 4. The summed E-state index contributed by atoms with van der Waals surface area (Å²) in [6.45, 7) is 2.25. The van der Waals surface area contributed by atoms with Crippen LogP contribution in [0.4, 0.5) is 0 Å². The van der Waals surface area contributed by atoms with Gasteiger partial charge in [0, 0.05) is 10.0 Å². The first-order valence-corrected chi connectivity index (χ1v) is 8.18. The van der Waals surface area contributed by atoms with Crippen molar-refractivity contribution in [2.75, 3.05) is 0 Å². The van der Waals surface area contributed by atoms with E-state index in [1.807, 2.05) is 49.4 Å². The maximum absolute atomic E-state index is 5.70. The molecule has 0 aliphatic carbocycles. The number of aromatic nitrogens is 2. The Morgan fingerprint density at radius 2 is 1.86 bits per heavy atom. The SMILES string of the molecule is Cc1ccc(OCc2nc(-c3ccc(Br)cc3)no2)c(Br)c1. The number of hydrogen-bond donors (Lipinski definition) is 0. The molecular formula is C16H12Br2N2O2. The first kappa shape index (κ1) is 15.2. The fourth-order valence-electron chi connectivity index (χ4n) is 1.89. The monoisotopic (exact) mass is 422 g/mol. The Balaban J connectivity index is 1.70. The molecule has 0 aliphatic rings. The highest BCUT2D eigenvalue weighted by Gasteiger charge is 2.10. The molecule has 0 atom stereocenters. The molecular weight excluding hydrogens is 412 g/mol. The van der Waals surface area contributed by atoms with Gasteiger partial charge in [-0.2, -0.15) is 4.98 Å². The fraction of sp³-hybridized carbons (Fsp3) is 0.125. The van der Waals surface area contributed by atoms with Gasteiger partial charge in [-0.25, -0.2) is 0 Å². The zero-order valence-electron chi connectivity index (χ0n) is 11.7. The zero-order chi connectivity index (χ0) is 15.5. The molecule has 0 saturated heterocycles. The van der Waals surface area contributed by atoms with Crippen molar-refractivity contribution in [3.05, 3.63) is 62.9 Å². The molecule has 6 heteroatoms. The van der Waals surface area contributed by atoms with Crippen molar-refractivity contribution in [1.82, 2.24) is 10.1 Å². The summed E-state index contributed by atoms with van der Waals surface area (Å²) in [6, 6.07) is 13.6. The van der Waals surface area contributed by atoms with Gasteiger partial charge in [-0.05, 0) is 64.8 Å². The van der Waals surface area contributed by atoms with Crippen LogP contribution in [-0.2, 0) is 6.61 Å². The van der Waals surface area contributed by atoms with E-state index in [-0.39, 0.29) is 6.61 Å². The summed E-state index contributed by atoms with van der Waals surface area (Å²) in [5.74, 6) is 1.73. The van der Waals surface area contributed by atoms with Crippen LogP contribution >= 0.6 is 31.9 Å². The second-order valence-corrected chi connectivity index (χ2v) is 6.51. The largest absolute Gasteiger partial charge is 0.483 e. The highest BCUT2D eigenvalue weighted by molar-refractivity contribution is 9.10. The normalized spacial score (nSPS) is 10.7. The molecule has 112 valence electrons. The quantitative estimate of drug-likeness (QED) is 0.582. The second kappa shape index (κ2) is 6.62. The minimum Gasteiger partial charge on any atom is -0.483 e. The van der Waals surface area contributed by atoms with Gasteiger partial charge in [-0.3, -0.25) is 0 Å². The summed E-state index contributed by atoms with van der Waals surface area (Å²) in [7, 11) is 0. The molecule has 0 unspecified atom stereocenters. The molecule has 3 aromatic rings.